The molecule has 1 aromatic carbocycles. The number of rotatable bonds is 5. The van der Waals surface area contributed by atoms with Gasteiger partial charge in [0.25, 0.3) is 0 Å². The topological polar surface area (TPSA) is 24.1 Å². The first-order valence-corrected chi connectivity index (χ1v) is 8.70. The number of nitrogens with one attached hydrogen (secondary N) is 2. The van der Waals surface area contributed by atoms with Crippen LogP contribution in [0.25, 0.3) is 0 Å². The smallest absolute Gasteiger partial charge is 0.138 e. The normalized spacial score (nSPS) is 20.2. The Morgan fingerprint density at radius 3 is 2.65 bits per heavy atom. The zero-order valence-electron chi connectivity index (χ0n) is 14.0. The lowest BCUT2D eigenvalue weighted by Crippen LogP contribution is -2.57. The Balaban J connectivity index is 1.97. The van der Waals surface area contributed by atoms with Crippen molar-refractivity contribution in [1.82, 2.24) is 10.6 Å². The van der Waals surface area contributed by atoms with E-state index in [1.807, 2.05) is 6.20 Å². The van der Waals surface area contributed by atoms with Gasteiger partial charge in [-0.15, -0.1) is 0 Å². The summed E-state index contributed by atoms with van der Waals surface area (Å²) in [6.07, 6.45) is 12.0. The molecule has 3 rings (SSSR count). The highest BCUT2D eigenvalue weighted by molar-refractivity contribution is 5.30. The third-order valence-corrected chi connectivity index (χ3v) is 4.74. The molecule has 0 aliphatic carbocycles. The van der Waals surface area contributed by atoms with Gasteiger partial charge in [-0.05, 0) is 12.5 Å². The minimum Gasteiger partial charge on any atom is -0.360 e. The lowest BCUT2D eigenvalue weighted by molar-refractivity contribution is -0.905. The summed E-state index contributed by atoms with van der Waals surface area (Å²) < 4.78 is 1.02. The van der Waals surface area contributed by atoms with Crippen molar-refractivity contribution in [2.45, 2.75) is 26.3 Å². The van der Waals surface area contributed by atoms with E-state index in [9.17, 15) is 0 Å². The van der Waals surface area contributed by atoms with E-state index in [-0.39, 0.29) is 0 Å². The lowest BCUT2D eigenvalue weighted by atomic mass is 10.0. The summed E-state index contributed by atoms with van der Waals surface area (Å²) in [5, 5.41) is 6.71. The number of nitrogens with zero attached hydrogens (tertiary/aromatic N) is 1. The predicted octanol–water partition coefficient (Wildman–Crippen LogP) is 3.09. The standard InChI is InChI=1S/C20H27N3/c1-2-7-19-16-22-11-6-10-20(19)23(14-12-21-13-15-23)17-18-8-4-3-5-9-18/h3-6,8-11,21-22H,2,7,12-15,17H2,1H3/q+1. The SMILES string of the molecule is CCCC1=[C]NC=CC=C1[N+]1(Cc2ccccc2)CCNCC1. The summed E-state index contributed by atoms with van der Waals surface area (Å²) in [5.74, 6) is 0. The van der Waals surface area contributed by atoms with Crippen LogP contribution in [0.5, 0.6) is 0 Å². The lowest BCUT2D eigenvalue weighted by Gasteiger charge is -2.43. The van der Waals surface area contributed by atoms with Gasteiger partial charge in [0.05, 0.1) is 19.3 Å². The Morgan fingerprint density at radius 1 is 1.13 bits per heavy atom. The summed E-state index contributed by atoms with van der Waals surface area (Å²) in [5.41, 5.74) is 4.17. The van der Waals surface area contributed by atoms with E-state index in [1.54, 1.807) is 0 Å². The molecule has 3 heteroatoms. The summed E-state index contributed by atoms with van der Waals surface area (Å²) in [7, 11) is 0. The molecule has 0 amide bonds. The average Bonchev–Trinajstić information content (AvgIpc) is 2.83. The molecular formula is C20H27N3+. The second-order valence-electron chi connectivity index (χ2n) is 6.40. The third-order valence-electron chi connectivity index (χ3n) is 4.74. The van der Waals surface area contributed by atoms with Gasteiger partial charge in [-0.3, -0.25) is 4.48 Å². The maximum atomic E-state index is 3.52. The number of hydrogen-bond acceptors (Lipinski definition) is 2. The number of benzene rings is 1. The first-order valence-electron chi connectivity index (χ1n) is 8.70. The van der Waals surface area contributed by atoms with Crippen molar-refractivity contribution in [3.8, 4) is 0 Å². The summed E-state index contributed by atoms with van der Waals surface area (Å²) in [6.45, 7) is 7.69. The van der Waals surface area contributed by atoms with Crippen LogP contribution in [0.2, 0.25) is 0 Å². The van der Waals surface area contributed by atoms with Gasteiger partial charge in [0.1, 0.15) is 12.2 Å². The van der Waals surface area contributed by atoms with E-state index >= 15 is 0 Å². The van der Waals surface area contributed by atoms with Gasteiger partial charge >= 0.3 is 0 Å². The maximum absolute atomic E-state index is 3.52. The van der Waals surface area contributed by atoms with Gasteiger partial charge in [0, 0.05) is 36.5 Å². The number of piperazine rings is 1. The quantitative estimate of drug-likeness (QED) is 0.817. The van der Waals surface area contributed by atoms with Crippen molar-refractivity contribution < 1.29 is 4.48 Å². The van der Waals surface area contributed by atoms with Gasteiger partial charge in [-0.1, -0.05) is 43.7 Å². The highest BCUT2D eigenvalue weighted by Crippen LogP contribution is 2.31. The van der Waals surface area contributed by atoms with Crippen molar-refractivity contribution in [3.63, 3.8) is 0 Å². The highest BCUT2D eigenvalue weighted by Gasteiger charge is 2.36. The van der Waals surface area contributed by atoms with E-state index in [4.69, 9.17) is 0 Å². The molecule has 0 atom stereocenters. The largest absolute Gasteiger partial charge is 0.360 e. The second kappa shape index (κ2) is 7.62. The van der Waals surface area contributed by atoms with Gasteiger partial charge in [0.15, 0.2) is 0 Å². The fraction of sp³-hybridized carbons (Fsp3) is 0.400. The molecule has 2 heterocycles. The van der Waals surface area contributed by atoms with E-state index < -0.39 is 0 Å². The molecule has 1 aromatic rings. The van der Waals surface area contributed by atoms with E-state index in [2.05, 4.69) is 66.2 Å². The fourth-order valence-electron chi connectivity index (χ4n) is 3.61. The van der Waals surface area contributed by atoms with Crippen LogP contribution in [-0.4, -0.2) is 30.7 Å². The van der Waals surface area contributed by atoms with Crippen molar-refractivity contribution in [2.75, 3.05) is 26.2 Å². The van der Waals surface area contributed by atoms with Crippen molar-refractivity contribution in [1.29, 1.82) is 0 Å². The van der Waals surface area contributed by atoms with Crippen molar-refractivity contribution >= 4 is 0 Å². The minimum absolute atomic E-state index is 1.02. The molecule has 2 aliphatic heterocycles. The molecule has 0 spiro atoms. The van der Waals surface area contributed by atoms with E-state index in [0.717, 1.165) is 50.0 Å². The summed E-state index contributed by atoms with van der Waals surface area (Å²) >= 11 is 0. The predicted molar refractivity (Wildman–Crippen MR) is 95.0 cm³/mol. The molecule has 2 aliphatic rings. The van der Waals surface area contributed by atoms with Crippen LogP contribution in [0, 0.1) is 6.20 Å². The van der Waals surface area contributed by atoms with E-state index in [1.165, 1.54) is 16.8 Å². The van der Waals surface area contributed by atoms with Crippen molar-refractivity contribution in [3.05, 3.63) is 71.7 Å². The molecule has 23 heavy (non-hydrogen) atoms. The molecule has 121 valence electrons. The fourth-order valence-corrected chi connectivity index (χ4v) is 3.61. The molecule has 2 N–H and O–H groups in total. The molecule has 0 aromatic heterocycles. The van der Waals surface area contributed by atoms with Crippen LogP contribution in [0.4, 0.5) is 0 Å². The van der Waals surface area contributed by atoms with Gasteiger partial charge in [-0.2, -0.15) is 0 Å². The third kappa shape index (κ3) is 3.74. The summed E-state index contributed by atoms with van der Waals surface area (Å²) in [6, 6.07) is 10.9. The van der Waals surface area contributed by atoms with Crippen LogP contribution in [-0.2, 0) is 6.54 Å². The van der Waals surface area contributed by atoms with Gasteiger partial charge < -0.3 is 10.6 Å². The van der Waals surface area contributed by atoms with Crippen LogP contribution in [0.3, 0.4) is 0 Å². The van der Waals surface area contributed by atoms with Crippen LogP contribution < -0.4 is 10.6 Å². The zero-order valence-corrected chi connectivity index (χ0v) is 14.0. The highest BCUT2D eigenvalue weighted by atomic mass is 15.4. The Hall–Kier alpha value is -1.84. The van der Waals surface area contributed by atoms with Crippen LogP contribution in [0.15, 0.2) is 60.0 Å². The summed E-state index contributed by atoms with van der Waals surface area (Å²) in [4.78, 5) is 0. The molecule has 0 unspecified atom stereocenters. The van der Waals surface area contributed by atoms with Crippen LogP contribution >= 0.6 is 0 Å². The van der Waals surface area contributed by atoms with Gasteiger partial charge in [0.2, 0.25) is 0 Å². The molecule has 1 radical (unpaired) electrons. The Kier molecular flexibility index (Phi) is 5.31. The first kappa shape index (κ1) is 16.0. The molecule has 0 saturated carbocycles. The minimum atomic E-state index is 1.02. The molecule has 1 fully saturated rings. The molecule has 3 nitrogen and oxygen atoms in total. The Morgan fingerprint density at radius 2 is 1.91 bits per heavy atom. The first-order chi connectivity index (χ1) is 11.3. The Bertz CT molecular complexity index is 593. The van der Waals surface area contributed by atoms with E-state index in [0.29, 0.717) is 0 Å². The monoisotopic (exact) mass is 309 g/mol. The molecule has 1 saturated heterocycles. The second-order valence-corrected chi connectivity index (χ2v) is 6.40. The zero-order chi connectivity index (χ0) is 16.0. The van der Waals surface area contributed by atoms with Crippen LogP contribution in [0.1, 0.15) is 25.3 Å². The maximum Gasteiger partial charge on any atom is 0.138 e. The van der Waals surface area contributed by atoms with Crippen molar-refractivity contribution in [2.24, 2.45) is 0 Å². The number of hydrogen-bond donors (Lipinski definition) is 2. The Labute approximate surface area is 140 Å². The number of allylic oxidation sites excluding steroid dienone is 3. The van der Waals surface area contributed by atoms with Gasteiger partial charge in [-0.25, -0.2) is 0 Å². The number of quaternary nitrogens is 1. The average molecular weight is 309 g/mol. The molecule has 0 bridgehead atoms. The molecular weight excluding hydrogens is 282 g/mol.